The van der Waals surface area contributed by atoms with Gasteiger partial charge in [0.25, 0.3) is 0 Å². The highest BCUT2D eigenvalue weighted by atomic mass is 16.5. The zero-order valence-electron chi connectivity index (χ0n) is 11.9. The lowest BCUT2D eigenvalue weighted by atomic mass is 9.64. The topological polar surface area (TPSA) is 82.3 Å². The third-order valence-corrected chi connectivity index (χ3v) is 3.89. The van der Waals surface area contributed by atoms with E-state index in [0.717, 1.165) is 13.0 Å². The minimum absolute atomic E-state index is 0.0563. The number of methoxy groups -OCH3 is 1. The molecule has 6 nitrogen and oxygen atoms in total. The minimum atomic E-state index is 0.0563. The van der Waals surface area contributed by atoms with E-state index in [-0.39, 0.29) is 17.6 Å². The van der Waals surface area contributed by atoms with Crippen molar-refractivity contribution >= 4 is 11.6 Å². The third-order valence-electron chi connectivity index (χ3n) is 3.89. The van der Waals surface area contributed by atoms with Crippen molar-refractivity contribution in [1.82, 2.24) is 9.97 Å². The number of aromatic nitrogens is 2. The smallest absolute Gasteiger partial charge is 0.203 e. The maximum Gasteiger partial charge on any atom is 0.203 e. The highest BCUT2D eigenvalue weighted by molar-refractivity contribution is 5.62. The first kappa shape index (κ1) is 13.9. The molecule has 0 aliphatic heterocycles. The van der Waals surface area contributed by atoms with E-state index < -0.39 is 0 Å². The van der Waals surface area contributed by atoms with Crippen LogP contribution in [-0.2, 0) is 4.74 Å². The molecule has 1 aliphatic rings. The summed E-state index contributed by atoms with van der Waals surface area (Å²) < 4.78 is 11.0. The molecule has 0 spiro atoms. The van der Waals surface area contributed by atoms with Crippen molar-refractivity contribution in [2.45, 2.75) is 39.3 Å². The summed E-state index contributed by atoms with van der Waals surface area (Å²) in [5.41, 5.74) is 5.83. The Bertz CT molecular complexity index is 450. The normalized spacial score (nSPS) is 24.6. The standard InChI is InChI=1S/C13H22N4O2/c1-5-19-9-6-8(13(9,2)3)17-12-10(18-4)11(14)15-7-16-12/h7-9H,5-6H2,1-4H3,(H3,14,15,16,17). The van der Waals surface area contributed by atoms with Crippen molar-refractivity contribution in [3.8, 4) is 5.75 Å². The number of ether oxygens (including phenoxy) is 2. The van der Waals surface area contributed by atoms with E-state index in [2.05, 4.69) is 29.1 Å². The molecule has 1 saturated carbocycles. The van der Waals surface area contributed by atoms with Gasteiger partial charge in [0.1, 0.15) is 6.33 Å². The molecule has 0 aromatic carbocycles. The molecule has 0 radical (unpaired) electrons. The largest absolute Gasteiger partial charge is 0.490 e. The molecule has 1 fully saturated rings. The van der Waals surface area contributed by atoms with Crippen molar-refractivity contribution in [3.05, 3.63) is 6.33 Å². The first-order valence-corrected chi connectivity index (χ1v) is 6.53. The van der Waals surface area contributed by atoms with Gasteiger partial charge in [-0.3, -0.25) is 0 Å². The Labute approximate surface area is 113 Å². The van der Waals surface area contributed by atoms with Crippen molar-refractivity contribution in [3.63, 3.8) is 0 Å². The molecule has 0 bridgehead atoms. The van der Waals surface area contributed by atoms with Crippen LogP contribution < -0.4 is 15.8 Å². The van der Waals surface area contributed by atoms with Crippen LogP contribution >= 0.6 is 0 Å². The van der Waals surface area contributed by atoms with Crippen LogP contribution in [0.2, 0.25) is 0 Å². The highest BCUT2D eigenvalue weighted by Gasteiger charge is 2.49. The van der Waals surface area contributed by atoms with Crippen LogP contribution in [0.1, 0.15) is 27.2 Å². The SMILES string of the molecule is CCOC1CC(Nc2ncnc(N)c2OC)C1(C)C. The fraction of sp³-hybridized carbons (Fsp3) is 0.692. The molecule has 1 aliphatic carbocycles. The van der Waals surface area contributed by atoms with E-state index in [0.29, 0.717) is 17.4 Å². The quantitative estimate of drug-likeness (QED) is 0.844. The van der Waals surface area contributed by atoms with Gasteiger partial charge < -0.3 is 20.5 Å². The average Bonchev–Trinajstić information content (AvgIpc) is 2.38. The van der Waals surface area contributed by atoms with Gasteiger partial charge in [-0.2, -0.15) is 0 Å². The molecule has 1 heterocycles. The summed E-state index contributed by atoms with van der Waals surface area (Å²) in [6.07, 6.45) is 2.67. The van der Waals surface area contributed by atoms with Gasteiger partial charge >= 0.3 is 0 Å². The van der Waals surface area contributed by atoms with Crippen LogP contribution in [0.15, 0.2) is 6.33 Å². The Morgan fingerprint density at radius 2 is 2.21 bits per heavy atom. The van der Waals surface area contributed by atoms with Crippen molar-refractivity contribution in [1.29, 1.82) is 0 Å². The summed E-state index contributed by atoms with van der Waals surface area (Å²) in [7, 11) is 1.56. The summed E-state index contributed by atoms with van der Waals surface area (Å²) in [4.78, 5) is 8.12. The van der Waals surface area contributed by atoms with Gasteiger partial charge in [0.15, 0.2) is 11.6 Å². The fourth-order valence-corrected chi connectivity index (χ4v) is 2.47. The van der Waals surface area contributed by atoms with E-state index in [4.69, 9.17) is 15.2 Å². The molecule has 6 heteroatoms. The molecule has 0 saturated heterocycles. The van der Waals surface area contributed by atoms with Crippen LogP contribution in [0, 0.1) is 5.41 Å². The van der Waals surface area contributed by atoms with Gasteiger partial charge in [-0.1, -0.05) is 13.8 Å². The Kier molecular flexibility index (Phi) is 3.80. The Morgan fingerprint density at radius 3 is 2.79 bits per heavy atom. The van der Waals surface area contributed by atoms with E-state index >= 15 is 0 Å². The van der Waals surface area contributed by atoms with Crippen LogP contribution in [0.25, 0.3) is 0 Å². The number of anilines is 2. The second-order valence-electron chi connectivity index (χ2n) is 5.34. The Hall–Kier alpha value is -1.56. The van der Waals surface area contributed by atoms with E-state index in [1.165, 1.54) is 6.33 Å². The molecule has 1 aromatic rings. The van der Waals surface area contributed by atoms with Crippen LogP contribution in [0.4, 0.5) is 11.6 Å². The van der Waals surface area contributed by atoms with Gasteiger partial charge in [-0.25, -0.2) is 9.97 Å². The molecule has 2 unspecified atom stereocenters. The summed E-state index contributed by atoms with van der Waals surface area (Å²) in [6.45, 7) is 7.13. The molecule has 106 valence electrons. The zero-order chi connectivity index (χ0) is 14.0. The van der Waals surface area contributed by atoms with Crippen LogP contribution in [-0.4, -0.2) is 35.8 Å². The average molecular weight is 266 g/mol. The summed E-state index contributed by atoms with van der Waals surface area (Å²) >= 11 is 0. The van der Waals surface area contributed by atoms with Gasteiger partial charge in [0.2, 0.25) is 5.75 Å². The maximum atomic E-state index is 5.77. The number of rotatable bonds is 5. The molecule has 2 rings (SSSR count). The Morgan fingerprint density at radius 1 is 1.47 bits per heavy atom. The van der Waals surface area contributed by atoms with Crippen LogP contribution in [0.3, 0.4) is 0 Å². The summed E-state index contributed by atoms with van der Waals surface area (Å²) in [5, 5.41) is 3.38. The maximum absolute atomic E-state index is 5.77. The van der Waals surface area contributed by atoms with Crippen molar-refractivity contribution < 1.29 is 9.47 Å². The summed E-state index contributed by atoms with van der Waals surface area (Å²) in [6, 6.07) is 0.284. The molecular weight excluding hydrogens is 244 g/mol. The van der Waals surface area contributed by atoms with Gasteiger partial charge in [-0.05, 0) is 13.3 Å². The number of nitrogens with zero attached hydrogens (tertiary/aromatic N) is 2. The van der Waals surface area contributed by atoms with E-state index in [1.54, 1.807) is 7.11 Å². The van der Waals surface area contributed by atoms with Gasteiger partial charge in [0, 0.05) is 18.1 Å². The number of hydrogen-bond acceptors (Lipinski definition) is 6. The number of nitrogen functional groups attached to an aromatic ring is 1. The van der Waals surface area contributed by atoms with Crippen molar-refractivity contribution in [2.24, 2.45) is 5.41 Å². The second kappa shape index (κ2) is 5.21. The Balaban J connectivity index is 2.09. The van der Waals surface area contributed by atoms with E-state index in [1.807, 2.05) is 6.92 Å². The number of hydrogen-bond donors (Lipinski definition) is 2. The summed E-state index contributed by atoms with van der Waals surface area (Å²) in [5.74, 6) is 1.49. The van der Waals surface area contributed by atoms with Gasteiger partial charge in [-0.15, -0.1) is 0 Å². The lowest BCUT2D eigenvalue weighted by molar-refractivity contribution is -0.0977. The van der Waals surface area contributed by atoms with Gasteiger partial charge in [0.05, 0.1) is 13.2 Å². The second-order valence-corrected chi connectivity index (χ2v) is 5.34. The minimum Gasteiger partial charge on any atom is -0.490 e. The molecule has 1 aromatic heterocycles. The molecule has 2 atom stereocenters. The lowest BCUT2D eigenvalue weighted by Crippen LogP contribution is -2.58. The monoisotopic (exact) mass is 266 g/mol. The first-order valence-electron chi connectivity index (χ1n) is 6.53. The fourth-order valence-electron chi connectivity index (χ4n) is 2.47. The molecular formula is C13H22N4O2. The lowest BCUT2D eigenvalue weighted by Gasteiger charge is -2.51. The third kappa shape index (κ3) is 2.45. The predicted octanol–water partition coefficient (Wildman–Crippen LogP) is 1.68. The zero-order valence-corrected chi connectivity index (χ0v) is 11.9. The number of nitrogens with two attached hydrogens (primary N) is 1. The molecule has 0 amide bonds. The van der Waals surface area contributed by atoms with Crippen LogP contribution in [0.5, 0.6) is 5.75 Å². The van der Waals surface area contributed by atoms with Crippen molar-refractivity contribution in [2.75, 3.05) is 24.8 Å². The molecule has 19 heavy (non-hydrogen) atoms. The predicted molar refractivity (Wildman–Crippen MR) is 74.2 cm³/mol. The highest BCUT2D eigenvalue weighted by Crippen LogP contribution is 2.45. The van der Waals surface area contributed by atoms with E-state index in [9.17, 15) is 0 Å². The number of nitrogens with one attached hydrogen (secondary N) is 1. The molecule has 3 N–H and O–H groups in total. The first-order chi connectivity index (χ1) is 9.00.